The maximum atomic E-state index is 6.11. The Morgan fingerprint density at radius 3 is 2.91 bits per heavy atom. The van der Waals surface area contributed by atoms with E-state index in [4.69, 9.17) is 23.2 Å². The van der Waals surface area contributed by atoms with Gasteiger partial charge in [0.2, 0.25) is 0 Å². The molecule has 2 aliphatic rings. The molecule has 0 nitrogen and oxygen atoms in total. The molecule has 1 fully saturated rings. The number of rotatable bonds is 0. The summed E-state index contributed by atoms with van der Waals surface area (Å²) < 4.78 is 0. The first-order chi connectivity index (χ1) is 5.29. The molecule has 0 aromatic rings. The van der Waals surface area contributed by atoms with E-state index in [1.807, 2.05) is 0 Å². The van der Waals surface area contributed by atoms with Gasteiger partial charge in [-0.1, -0.05) is 29.3 Å². The van der Waals surface area contributed by atoms with Crippen LogP contribution in [0.2, 0.25) is 0 Å². The molecule has 0 bridgehead atoms. The van der Waals surface area contributed by atoms with Crippen LogP contribution in [0.4, 0.5) is 0 Å². The Morgan fingerprint density at radius 2 is 2.18 bits per heavy atom. The third-order valence-electron chi connectivity index (χ3n) is 2.46. The minimum atomic E-state index is 0.241. The Hall–Kier alpha value is 0.0600. The summed E-state index contributed by atoms with van der Waals surface area (Å²) in [5, 5.41) is 1.20. The smallest absolute Gasteiger partial charge is 0.0453 e. The van der Waals surface area contributed by atoms with E-state index < -0.39 is 0 Å². The predicted octanol–water partition coefficient (Wildman–Crippen LogP) is 3.46. The van der Waals surface area contributed by atoms with Crippen LogP contribution in [0, 0.1) is 5.92 Å². The maximum absolute atomic E-state index is 6.11. The molecule has 0 aromatic carbocycles. The molecule has 0 amide bonds. The quantitative estimate of drug-likeness (QED) is 0.404. The van der Waals surface area contributed by atoms with Crippen LogP contribution in [-0.2, 0) is 0 Å². The van der Waals surface area contributed by atoms with Gasteiger partial charge in [0.25, 0.3) is 0 Å². The number of halogens is 2. The second kappa shape index (κ2) is 2.84. The fraction of sp³-hybridized carbons (Fsp3) is 0.556. The van der Waals surface area contributed by atoms with E-state index in [0.717, 1.165) is 24.3 Å². The molecule has 0 N–H and O–H groups in total. The summed E-state index contributed by atoms with van der Waals surface area (Å²) in [7, 11) is 0. The molecule has 0 spiro atoms. The average molecular weight is 189 g/mol. The summed E-state index contributed by atoms with van der Waals surface area (Å²) >= 11 is 12.2. The molecule has 2 rings (SSSR count). The van der Waals surface area contributed by atoms with Gasteiger partial charge in [0, 0.05) is 16.3 Å². The highest BCUT2D eigenvalue weighted by molar-refractivity contribution is 6.31. The summed E-state index contributed by atoms with van der Waals surface area (Å²) in [6.07, 6.45) is 7.55. The Morgan fingerprint density at radius 1 is 1.36 bits per heavy atom. The first-order valence-corrected chi connectivity index (χ1v) is 4.79. The SMILES string of the molecule is ClC1=CCC=C2CCC(Cl)C12. The summed E-state index contributed by atoms with van der Waals surface area (Å²) in [5.74, 6) is 0.354. The molecular formula is C9H10Cl2. The van der Waals surface area contributed by atoms with Crippen molar-refractivity contribution in [1.29, 1.82) is 0 Å². The van der Waals surface area contributed by atoms with Crippen LogP contribution in [0.3, 0.4) is 0 Å². The van der Waals surface area contributed by atoms with Gasteiger partial charge in [-0.2, -0.15) is 0 Å². The minimum Gasteiger partial charge on any atom is -0.122 e. The highest BCUT2D eigenvalue weighted by atomic mass is 35.5. The van der Waals surface area contributed by atoms with Crippen LogP contribution in [0.1, 0.15) is 19.3 Å². The number of hydrogen-bond acceptors (Lipinski definition) is 0. The number of fused-ring (bicyclic) bond motifs is 1. The Labute approximate surface area is 76.9 Å². The Balaban J connectivity index is 2.29. The largest absolute Gasteiger partial charge is 0.122 e. The molecule has 2 aliphatic carbocycles. The molecule has 0 aliphatic heterocycles. The normalized spacial score (nSPS) is 36.2. The standard InChI is InChI=1S/C9H10Cl2/c10-7-3-1-2-6-4-5-8(11)9(6)7/h2-3,8-9H,1,4-5H2. The van der Waals surface area contributed by atoms with Crippen LogP contribution < -0.4 is 0 Å². The van der Waals surface area contributed by atoms with Crippen molar-refractivity contribution in [3.8, 4) is 0 Å². The third kappa shape index (κ3) is 1.23. The molecule has 0 heterocycles. The van der Waals surface area contributed by atoms with Gasteiger partial charge in [-0.25, -0.2) is 0 Å². The molecule has 0 radical (unpaired) electrons. The zero-order valence-corrected chi connectivity index (χ0v) is 7.70. The summed E-state index contributed by atoms with van der Waals surface area (Å²) in [6.45, 7) is 0. The summed E-state index contributed by atoms with van der Waals surface area (Å²) in [6, 6.07) is 0. The van der Waals surface area contributed by atoms with E-state index in [2.05, 4.69) is 12.2 Å². The van der Waals surface area contributed by atoms with Gasteiger partial charge < -0.3 is 0 Å². The van der Waals surface area contributed by atoms with E-state index in [9.17, 15) is 0 Å². The fourth-order valence-electron chi connectivity index (χ4n) is 1.89. The van der Waals surface area contributed by atoms with E-state index in [0.29, 0.717) is 5.92 Å². The number of allylic oxidation sites excluding steroid dienone is 4. The molecule has 2 unspecified atom stereocenters. The second-order valence-electron chi connectivity index (χ2n) is 3.14. The number of alkyl halides is 1. The first-order valence-electron chi connectivity index (χ1n) is 3.97. The molecule has 11 heavy (non-hydrogen) atoms. The van der Waals surface area contributed by atoms with E-state index in [1.54, 1.807) is 0 Å². The Kier molecular flexibility index (Phi) is 1.98. The van der Waals surface area contributed by atoms with Crippen LogP contribution >= 0.6 is 23.2 Å². The zero-order valence-electron chi connectivity index (χ0n) is 6.19. The van der Waals surface area contributed by atoms with E-state index >= 15 is 0 Å². The first kappa shape index (κ1) is 7.70. The van der Waals surface area contributed by atoms with Crippen LogP contribution in [0.15, 0.2) is 22.8 Å². The Bertz CT molecular complexity index is 228. The molecule has 2 atom stereocenters. The second-order valence-corrected chi connectivity index (χ2v) is 4.13. The van der Waals surface area contributed by atoms with Crippen LogP contribution in [0.25, 0.3) is 0 Å². The van der Waals surface area contributed by atoms with Gasteiger partial charge in [-0.3, -0.25) is 0 Å². The molecule has 60 valence electrons. The van der Waals surface area contributed by atoms with Crippen molar-refractivity contribution < 1.29 is 0 Å². The number of hydrogen-bond donors (Lipinski definition) is 0. The predicted molar refractivity (Wildman–Crippen MR) is 49.0 cm³/mol. The van der Waals surface area contributed by atoms with Gasteiger partial charge in [0.1, 0.15) is 0 Å². The van der Waals surface area contributed by atoms with Gasteiger partial charge in [-0.05, 0) is 19.3 Å². The molecule has 0 saturated heterocycles. The monoisotopic (exact) mass is 188 g/mol. The average Bonchev–Trinajstić information content (AvgIpc) is 2.34. The van der Waals surface area contributed by atoms with Gasteiger partial charge in [-0.15, -0.1) is 11.6 Å². The fourth-order valence-corrected chi connectivity index (χ4v) is 2.74. The van der Waals surface area contributed by atoms with Gasteiger partial charge in [0.15, 0.2) is 0 Å². The summed E-state index contributed by atoms with van der Waals surface area (Å²) in [4.78, 5) is 0. The lowest BCUT2D eigenvalue weighted by Crippen LogP contribution is -2.10. The molecular weight excluding hydrogens is 179 g/mol. The van der Waals surface area contributed by atoms with Crippen LogP contribution in [-0.4, -0.2) is 5.38 Å². The lowest BCUT2D eigenvalue weighted by Gasteiger charge is -2.17. The highest BCUT2D eigenvalue weighted by Crippen LogP contribution is 2.43. The molecule has 1 saturated carbocycles. The lowest BCUT2D eigenvalue weighted by atomic mass is 9.96. The van der Waals surface area contributed by atoms with Crippen molar-refractivity contribution >= 4 is 23.2 Å². The van der Waals surface area contributed by atoms with Crippen molar-refractivity contribution in [3.05, 3.63) is 22.8 Å². The van der Waals surface area contributed by atoms with Crippen molar-refractivity contribution in [2.24, 2.45) is 5.92 Å². The highest BCUT2D eigenvalue weighted by Gasteiger charge is 2.33. The van der Waals surface area contributed by atoms with Crippen molar-refractivity contribution in [2.75, 3.05) is 0 Å². The molecule has 0 aromatic heterocycles. The lowest BCUT2D eigenvalue weighted by molar-refractivity contribution is 0.752. The topological polar surface area (TPSA) is 0 Å². The van der Waals surface area contributed by atoms with Crippen molar-refractivity contribution in [1.82, 2.24) is 0 Å². The summed E-state index contributed by atoms with van der Waals surface area (Å²) in [5.41, 5.74) is 1.46. The van der Waals surface area contributed by atoms with Crippen molar-refractivity contribution in [2.45, 2.75) is 24.6 Å². The maximum Gasteiger partial charge on any atom is 0.0453 e. The van der Waals surface area contributed by atoms with Gasteiger partial charge in [0.05, 0.1) is 0 Å². The zero-order chi connectivity index (χ0) is 7.84. The van der Waals surface area contributed by atoms with E-state index in [1.165, 1.54) is 5.57 Å². The van der Waals surface area contributed by atoms with E-state index in [-0.39, 0.29) is 5.38 Å². The van der Waals surface area contributed by atoms with Crippen molar-refractivity contribution in [3.63, 3.8) is 0 Å². The van der Waals surface area contributed by atoms with Gasteiger partial charge >= 0.3 is 0 Å². The molecule has 2 heteroatoms. The van der Waals surface area contributed by atoms with Crippen LogP contribution in [0.5, 0.6) is 0 Å². The minimum absolute atomic E-state index is 0.241. The third-order valence-corrected chi connectivity index (χ3v) is 3.32.